The summed E-state index contributed by atoms with van der Waals surface area (Å²) in [6.45, 7) is 4.32. The Morgan fingerprint density at radius 2 is 2.00 bits per heavy atom. The first-order valence-electron chi connectivity index (χ1n) is 8.29. The third-order valence-electron chi connectivity index (χ3n) is 4.60. The predicted molar refractivity (Wildman–Crippen MR) is 93.0 cm³/mol. The molecule has 1 aliphatic heterocycles. The quantitative estimate of drug-likeness (QED) is 0.788. The van der Waals surface area contributed by atoms with Crippen molar-refractivity contribution in [2.75, 3.05) is 6.54 Å². The normalized spacial score (nSPS) is 14.6. The summed E-state index contributed by atoms with van der Waals surface area (Å²) < 4.78 is 13.7. The first kappa shape index (κ1) is 15.1. The largest absolute Gasteiger partial charge is 0.341 e. The van der Waals surface area contributed by atoms with Crippen molar-refractivity contribution in [1.82, 2.24) is 14.9 Å². The fraction of sp³-hybridized carbons (Fsp3) is 0.250. The summed E-state index contributed by atoms with van der Waals surface area (Å²) in [7, 11) is 0. The minimum Gasteiger partial charge on any atom is -0.341 e. The highest BCUT2D eigenvalue weighted by Crippen LogP contribution is 2.23. The lowest BCUT2D eigenvalue weighted by Gasteiger charge is -2.26. The monoisotopic (exact) mass is 321 g/mol. The van der Waals surface area contributed by atoms with Crippen molar-refractivity contribution >= 4 is 0 Å². The number of aryl methyl sites for hydroxylation is 1. The van der Waals surface area contributed by atoms with Crippen molar-refractivity contribution in [3.05, 3.63) is 76.9 Å². The Morgan fingerprint density at radius 3 is 2.79 bits per heavy atom. The van der Waals surface area contributed by atoms with Crippen molar-refractivity contribution in [3.63, 3.8) is 0 Å². The van der Waals surface area contributed by atoms with E-state index in [1.54, 1.807) is 13.0 Å². The highest BCUT2D eigenvalue weighted by Gasteiger charge is 2.20. The second-order valence-electron chi connectivity index (χ2n) is 6.42. The number of hydrogen-bond donors (Lipinski definition) is 1. The molecular formula is C20H20FN3. The number of aromatic nitrogens is 2. The van der Waals surface area contributed by atoms with Crippen LogP contribution in [0, 0.1) is 12.7 Å². The van der Waals surface area contributed by atoms with E-state index in [1.807, 2.05) is 30.3 Å². The molecule has 0 radical (unpaired) electrons. The Labute approximate surface area is 141 Å². The van der Waals surface area contributed by atoms with Crippen LogP contribution in [-0.4, -0.2) is 21.4 Å². The number of nitrogens with zero attached hydrogens (tertiary/aromatic N) is 2. The Kier molecular flexibility index (Phi) is 3.90. The van der Waals surface area contributed by atoms with Gasteiger partial charge in [0.15, 0.2) is 0 Å². The lowest BCUT2D eigenvalue weighted by Crippen LogP contribution is -2.30. The molecule has 1 aliphatic rings. The van der Waals surface area contributed by atoms with E-state index in [4.69, 9.17) is 4.98 Å². The smallest absolute Gasteiger partial charge is 0.137 e. The van der Waals surface area contributed by atoms with E-state index in [-0.39, 0.29) is 5.82 Å². The van der Waals surface area contributed by atoms with Crippen LogP contribution in [0.1, 0.15) is 22.5 Å². The van der Waals surface area contributed by atoms with Gasteiger partial charge in [0.1, 0.15) is 11.6 Å². The van der Waals surface area contributed by atoms with Gasteiger partial charge in [-0.1, -0.05) is 42.5 Å². The van der Waals surface area contributed by atoms with E-state index in [1.165, 1.54) is 5.69 Å². The average molecular weight is 321 g/mol. The van der Waals surface area contributed by atoms with Gasteiger partial charge in [0.25, 0.3) is 0 Å². The van der Waals surface area contributed by atoms with Gasteiger partial charge in [0.2, 0.25) is 0 Å². The second kappa shape index (κ2) is 6.21. The molecule has 24 heavy (non-hydrogen) atoms. The first-order valence-corrected chi connectivity index (χ1v) is 8.29. The molecular weight excluding hydrogens is 301 g/mol. The maximum absolute atomic E-state index is 13.7. The maximum Gasteiger partial charge on any atom is 0.137 e. The van der Waals surface area contributed by atoms with E-state index < -0.39 is 0 Å². The zero-order valence-corrected chi connectivity index (χ0v) is 13.7. The van der Waals surface area contributed by atoms with E-state index in [9.17, 15) is 4.39 Å². The van der Waals surface area contributed by atoms with Crippen LogP contribution in [0.4, 0.5) is 4.39 Å². The summed E-state index contributed by atoms with van der Waals surface area (Å²) in [5, 5.41) is 0. The number of benzene rings is 2. The number of nitrogens with one attached hydrogen (secondary N) is 1. The molecule has 3 aromatic rings. The summed E-state index contributed by atoms with van der Waals surface area (Å²) in [6, 6.07) is 15.7. The molecule has 122 valence electrons. The minimum atomic E-state index is -0.127. The standard InChI is InChI=1S/C20H20FN3/c1-14-7-8-15(11-17(14)21)12-24-10-9-18-19(13-24)23-20(22-18)16-5-3-2-4-6-16/h2-8,11H,9-10,12-13H2,1H3,(H,22,23). The van der Waals surface area contributed by atoms with Crippen molar-refractivity contribution < 1.29 is 4.39 Å². The molecule has 0 saturated carbocycles. The third kappa shape index (κ3) is 2.97. The van der Waals surface area contributed by atoms with Crippen LogP contribution >= 0.6 is 0 Å². The van der Waals surface area contributed by atoms with Crippen molar-refractivity contribution in [1.29, 1.82) is 0 Å². The SMILES string of the molecule is Cc1ccc(CN2CCc3nc(-c4ccccc4)[nH]c3C2)cc1F. The van der Waals surface area contributed by atoms with Crippen LogP contribution in [0.15, 0.2) is 48.5 Å². The minimum absolute atomic E-state index is 0.127. The molecule has 0 bridgehead atoms. The number of rotatable bonds is 3. The molecule has 2 aromatic carbocycles. The van der Waals surface area contributed by atoms with E-state index in [2.05, 4.69) is 22.0 Å². The molecule has 4 rings (SSSR count). The molecule has 0 unspecified atom stereocenters. The summed E-state index contributed by atoms with van der Waals surface area (Å²) in [6.07, 6.45) is 0.924. The zero-order valence-electron chi connectivity index (χ0n) is 13.7. The summed E-state index contributed by atoms with van der Waals surface area (Å²) >= 11 is 0. The van der Waals surface area contributed by atoms with Crippen LogP contribution in [0.2, 0.25) is 0 Å². The van der Waals surface area contributed by atoms with Crippen molar-refractivity contribution in [2.24, 2.45) is 0 Å². The Morgan fingerprint density at radius 1 is 1.17 bits per heavy atom. The number of fused-ring (bicyclic) bond motifs is 1. The molecule has 0 atom stereocenters. The summed E-state index contributed by atoms with van der Waals surface area (Å²) in [5.74, 6) is 0.807. The van der Waals surface area contributed by atoms with Crippen LogP contribution in [-0.2, 0) is 19.5 Å². The Balaban J connectivity index is 1.51. The van der Waals surface area contributed by atoms with Gasteiger partial charge in [-0.3, -0.25) is 4.90 Å². The van der Waals surface area contributed by atoms with Crippen LogP contribution < -0.4 is 0 Å². The number of hydrogen-bond acceptors (Lipinski definition) is 2. The first-order chi connectivity index (χ1) is 11.7. The van der Waals surface area contributed by atoms with Gasteiger partial charge >= 0.3 is 0 Å². The molecule has 4 heteroatoms. The van der Waals surface area contributed by atoms with Gasteiger partial charge in [-0.05, 0) is 24.1 Å². The van der Waals surface area contributed by atoms with Crippen LogP contribution in [0.25, 0.3) is 11.4 Å². The lowest BCUT2D eigenvalue weighted by atomic mass is 10.1. The van der Waals surface area contributed by atoms with Crippen molar-refractivity contribution in [3.8, 4) is 11.4 Å². The number of halogens is 1. The molecule has 0 fully saturated rings. The molecule has 3 nitrogen and oxygen atoms in total. The Bertz CT molecular complexity index is 855. The van der Waals surface area contributed by atoms with Gasteiger partial charge in [-0.2, -0.15) is 0 Å². The topological polar surface area (TPSA) is 31.9 Å². The molecule has 0 spiro atoms. The fourth-order valence-corrected chi connectivity index (χ4v) is 3.21. The molecule has 0 amide bonds. The van der Waals surface area contributed by atoms with E-state index in [0.29, 0.717) is 5.56 Å². The maximum atomic E-state index is 13.7. The number of H-pyrrole nitrogens is 1. The van der Waals surface area contributed by atoms with Crippen LogP contribution in [0.5, 0.6) is 0 Å². The highest BCUT2D eigenvalue weighted by molar-refractivity contribution is 5.55. The molecule has 0 aliphatic carbocycles. The zero-order chi connectivity index (χ0) is 16.5. The molecule has 2 heterocycles. The third-order valence-corrected chi connectivity index (χ3v) is 4.60. The number of imidazole rings is 1. The van der Waals surface area contributed by atoms with Gasteiger partial charge in [-0.25, -0.2) is 9.37 Å². The van der Waals surface area contributed by atoms with Gasteiger partial charge in [0.05, 0.1) is 11.4 Å². The van der Waals surface area contributed by atoms with Gasteiger partial charge < -0.3 is 4.98 Å². The summed E-state index contributed by atoms with van der Waals surface area (Å²) in [4.78, 5) is 10.5. The second-order valence-corrected chi connectivity index (χ2v) is 6.42. The predicted octanol–water partition coefficient (Wildman–Crippen LogP) is 4.08. The number of aromatic amines is 1. The lowest BCUT2D eigenvalue weighted by molar-refractivity contribution is 0.241. The van der Waals surface area contributed by atoms with Gasteiger partial charge in [0, 0.05) is 31.6 Å². The summed E-state index contributed by atoms with van der Waals surface area (Å²) in [5.41, 5.74) is 5.15. The van der Waals surface area contributed by atoms with Crippen molar-refractivity contribution in [2.45, 2.75) is 26.4 Å². The highest BCUT2D eigenvalue weighted by atomic mass is 19.1. The molecule has 1 N–H and O–H groups in total. The van der Waals surface area contributed by atoms with E-state index >= 15 is 0 Å². The molecule has 1 aromatic heterocycles. The molecule has 0 saturated heterocycles. The average Bonchev–Trinajstić information content (AvgIpc) is 3.02. The van der Waals surface area contributed by atoms with Gasteiger partial charge in [-0.15, -0.1) is 0 Å². The Hall–Kier alpha value is -2.46. The fourth-order valence-electron chi connectivity index (χ4n) is 3.21. The van der Waals surface area contributed by atoms with Crippen LogP contribution in [0.3, 0.4) is 0 Å². The van der Waals surface area contributed by atoms with E-state index in [0.717, 1.165) is 48.7 Å².